The molecule has 0 bridgehead atoms. The zero-order valence-corrected chi connectivity index (χ0v) is 10.0. The van der Waals surface area contributed by atoms with Crippen LogP contribution in [0.1, 0.15) is 6.42 Å². The maximum absolute atomic E-state index is 11.3. The van der Waals surface area contributed by atoms with Gasteiger partial charge in [0, 0.05) is 36.2 Å². The Bertz CT molecular complexity index is 346. The fraction of sp³-hybridized carbons (Fsp3) is 0.364. The van der Waals surface area contributed by atoms with Crippen LogP contribution < -0.4 is 14.8 Å². The van der Waals surface area contributed by atoms with Crippen molar-refractivity contribution in [2.75, 3.05) is 25.4 Å². The third-order valence-electron chi connectivity index (χ3n) is 1.96. The number of halogens is 1. The minimum Gasteiger partial charge on any atom is -0.497 e. The molecule has 1 aromatic rings. The molecule has 0 fully saturated rings. The first-order chi connectivity index (χ1) is 7.69. The van der Waals surface area contributed by atoms with Crippen LogP contribution in [0.5, 0.6) is 11.5 Å². The fourth-order valence-electron chi connectivity index (χ4n) is 1.19. The molecule has 5 heteroatoms. The molecule has 0 heterocycles. The quantitative estimate of drug-likeness (QED) is 0.807. The summed E-state index contributed by atoms with van der Waals surface area (Å²) in [5.41, 5.74) is 0.631. The van der Waals surface area contributed by atoms with Crippen molar-refractivity contribution in [2.24, 2.45) is 0 Å². The van der Waals surface area contributed by atoms with Crippen LogP contribution >= 0.6 is 11.6 Å². The number of hydrogen-bond acceptors (Lipinski definition) is 3. The highest BCUT2D eigenvalue weighted by Crippen LogP contribution is 2.25. The minimum absolute atomic E-state index is 0.134. The largest absolute Gasteiger partial charge is 0.497 e. The first kappa shape index (κ1) is 12.6. The normalized spacial score (nSPS) is 9.69. The summed E-state index contributed by atoms with van der Waals surface area (Å²) in [4.78, 5) is 11.3. The summed E-state index contributed by atoms with van der Waals surface area (Å²) < 4.78 is 10.2. The molecule has 1 amide bonds. The molecule has 0 aromatic heterocycles. The molecule has 0 aliphatic carbocycles. The SMILES string of the molecule is COc1cc(NC(=O)CCCl)cc(OC)c1. The zero-order chi connectivity index (χ0) is 12.0. The van der Waals surface area contributed by atoms with Crippen molar-refractivity contribution < 1.29 is 14.3 Å². The lowest BCUT2D eigenvalue weighted by molar-refractivity contribution is -0.115. The number of ether oxygens (including phenoxy) is 2. The average molecular weight is 244 g/mol. The summed E-state index contributed by atoms with van der Waals surface area (Å²) in [5, 5.41) is 2.71. The van der Waals surface area contributed by atoms with Crippen LogP contribution in [0.25, 0.3) is 0 Å². The van der Waals surface area contributed by atoms with E-state index in [4.69, 9.17) is 21.1 Å². The van der Waals surface area contributed by atoms with Gasteiger partial charge in [0.1, 0.15) is 11.5 Å². The van der Waals surface area contributed by atoms with Crippen molar-refractivity contribution in [3.63, 3.8) is 0 Å². The Kier molecular flexibility index (Phi) is 4.92. The smallest absolute Gasteiger partial charge is 0.225 e. The number of carbonyl (C=O) groups is 1. The number of methoxy groups -OCH3 is 2. The molecule has 0 aliphatic heterocycles. The lowest BCUT2D eigenvalue weighted by Crippen LogP contribution is -2.11. The Labute approximate surface area is 99.5 Å². The van der Waals surface area contributed by atoms with Crippen LogP contribution in [-0.4, -0.2) is 26.0 Å². The Morgan fingerprint density at radius 1 is 1.25 bits per heavy atom. The van der Waals surface area contributed by atoms with E-state index < -0.39 is 0 Å². The van der Waals surface area contributed by atoms with Gasteiger partial charge in [-0.2, -0.15) is 0 Å². The molecule has 4 nitrogen and oxygen atoms in total. The molecule has 0 radical (unpaired) electrons. The molecule has 0 atom stereocenters. The fourth-order valence-corrected chi connectivity index (χ4v) is 1.36. The highest BCUT2D eigenvalue weighted by atomic mass is 35.5. The van der Waals surface area contributed by atoms with Crippen LogP contribution in [0, 0.1) is 0 Å². The predicted molar refractivity (Wildman–Crippen MR) is 63.5 cm³/mol. The zero-order valence-electron chi connectivity index (χ0n) is 9.25. The van der Waals surface area contributed by atoms with Crippen molar-refractivity contribution in [1.82, 2.24) is 0 Å². The van der Waals surface area contributed by atoms with Crippen molar-refractivity contribution in [3.05, 3.63) is 18.2 Å². The molecule has 1 rings (SSSR count). The number of carbonyl (C=O) groups excluding carboxylic acids is 1. The van der Waals surface area contributed by atoms with Gasteiger partial charge in [0.15, 0.2) is 0 Å². The van der Waals surface area contributed by atoms with Gasteiger partial charge in [-0.25, -0.2) is 0 Å². The number of hydrogen-bond donors (Lipinski definition) is 1. The van der Waals surface area contributed by atoms with Crippen LogP contribution in [0.2, 0.25) is 0 Å². The third-order valence-corrected chi connectivity index (χ3v) is 2.15. The molecule has 0 unspecified atom stereocenters. The number of rotatable bonds is 5. The van der Waals surface area contributed by atoms with Crippen molar-refractivity contribution in [1.29, 1.82) is 0 Å². The summed E-state index contributed by atoms with van der Waals surface area (Å²) >= 11 is 5.47. The second-order valence-electron chi connectivity index (χ2n) is 3.09. The van der Waals surface area contributed by atoms with E-state index >= 15 is 0 Å². The molecule has 1 aromatic carbocycles. The molecule has 1 N–H and O–H groups in total. The lowest BCUT2D eigenvalue weighted by atomic mass is 10.2. The van der Waals surface area contributed by atoms with Crippen LogP contribution in [-0.2, 0) is 4.79 Å². The second-order valence-corrected chi connectivity index (χ2v) is 3.47. The third kappa shape index (κ3) is 3.62. The summed E-state index contributed by atoms with van der Waals surface area (Å²) in [5.74, 6) is 1.42. The van der Waals surface area contributed by atoms with E-state index in [1.54, 1.807) is 32.4 Å². The maximum Gasteiger partial charge on any atom is 0.225 e. The number of amides is 1. The molecule has 0 saturated carbocycles. The lowest BCUT2D eigenvalue weighted by Gasteiger charge is -2.09. The summed E-state index contributed by atoms with van der Waals surface area (Å²) in [7, 11) is 3.11. The highest BCUT2D eigenvalue weighted by molar-refractivity contribution is 6.19. The molecule has 88 valence electrons. The van der Waals surface area contributed by atoms with Gasteiger partial charge in [0.25, 0.3) is 0 Å². The van der Waals surface area contributed by atoms with Crippen molar-refractivity contribution in [2.45, 2.75) is 6.42 Å². The van der Waals surface area contributed by atoms with Crippen LogP contribution in [0.4, 0.5) is 5.69 Å². The molecular formula is C11H14ClNO3. The number of anilines is 1. The van der Waals surface area contributed by atoms with Gasteiger partial charge < -0.3 is 14.8 Å². The van der Waals surface area contributed by atoms with Crippen LogP contribution in [0.15, 0.2) is 18.2 Å². The first-order valence-corrected chi connectivity index (χ1v) is 5.32. The first-order valence-electron chi connectivity index (χ1n) is 4.78. The molecule has 16 heavy (non-hydrogen) atoms. The van der Waals surface area contributed by atoms with E-state index in [1.165, 1.54) is 0 Å². The molecule has 0 aliphatic rings. The summed E-state index contributed by atoms with van der Waals surface area (Å²) in [6.07, 6.45) is 0.279. The molecular weight excluding hydrogens is 230 g/mol. The van der Waals surface area contributed by atoms with E-state index in [0.717, 1.165) is 0 Å². The average Bonchev–Trinajstić information content (AvgIpc) is 2.28. The van der Waals surface area contributed by atoms with Gasteiger partial charge in [-0.15, -0.1) is 11.6 Å². The Balaban J connectivity index is 2.82. The Morgan fingerprint density at radius 3 is 2.25 bits per heavy atom. The number of nitrogens with one attached hydrogen (secondary N) is 1. The van der Waals surface area contributed by atoms with Gasteiger partial charge in [0.05, 0.1) is 14.2 Å². The topological polar surface area (TPSA) is 47.6 Å². The standard InChI is InChI=1S/C11H14ClNO3/c1-15-9-5-8(6-10(7-9)16-2)13-11(14)3-4-12/h5-7H,3-4H2,1-2H3,(H,13,14). The highest BCUT2D eigenvalue weighted by Gasteiger charge is 2.05. The van der Waals surface area contributed by atoms with E-state index in [1.807, 2.05) is 0 Å². The Hall–Kier alpha value is -1.42. The van der Waals surface area contributed by atoms with E-state index in [-0.39, 0.29) is 12.3 Å². The summed E-state index contributed by atoms with van der Waals surface area (Å²) in [6, 6.07) is 5.17. The minimum atomic E-state index is -0.134. The maximum atomic E-state index is 11.3. The van der Waals surface area contributed by atoms with Gasteiger partial charge in [-0.1, -0.05) is 0 Å². The van der Waals surface area contributed by atoms with E-state index in [9.17, 15) is 4.79 Å². The summed E-state index contributed by atoms with van der Waals surface area (Å²) in [6.45, 7) is 0. The van der Waals surface area contributed by atoms with Crippen molar-refractivity contribution in [3.8, 4) is 11.5 Å². The van der Waals surface area contributed by atoms with Crippen LogP contribution in [0.3, 0.4) is 0 Å². The van der Waals surface area contributed by atoms with E-state index in [2.05, 4.69) is 5.32 Å². The van der Waals surface area contributed by atoms with Gasteiger partial charge in [0.2, 0.25) is 5.91 Å². The van der Waals surface area contributed by atoms with Crippen molar-refractivity contribution >= 4 is 23.2 Å². The monoisotopic (exact) mass is 243 g/mol. The predicted octanol–water partition coefficient (Wildman–Crippen LogP) is 2.27. The number of alkyl halides is 1. The van der Waals surface area contributed by atoms with E-state index in [0.29, 0.717) is 23.1 Å². The number of benzene rings is 1. The molecule has 0 saturated heterocycles. The molecule has 0 spiro atoms. The van der Waals surface area contributed by atoms with Gasteiger partial charge in [-0.05, 0) is 0 Å². The second kappa shape index (κ2) is 6.23. The Morgan fingerprint density at radius 2 is 1.81 bits per heavy atom. The van der Waals surface area contributed by atoms with Gasteiger partial charge >= 0.3 is 0 Å². The van der Waals surface area contributed by atoms with Gasteiger partial charge in [-0.3, -0.25) is 4.79 Å².